The number of halogens is 2. The van der Waals surface area contributed by atoms with Crippen molar-refractivity contribution in [1.29, 1.82) is 0 Å². The Morgan fingerprint density at radius 1 is 0.964 bits per heavy atom. The van der Waals surface area contributed by atoms with E-state index in [0.29, 0.717) is 10.0 Å². The van der Waals surface area contributed by atoms with Crippen molar-refractivity contribution in [3.8, 4) is 5.69 Å². The molecule has 4 rings (SSSR count). The van der Waals surface area contributed by atoms with Gasteiger partial charge in [0, 0.05) is 57.6 Å². The second kappa shape index (κ2) is 9.49. The standard InChI is InChI=1S/C21H29Cl2N5/c22-19-7-6-18(16-20(19)23)28-10-8-21(25-28)24-9-11-26-12-14-27(15-13-26)17-4-2-1-3-5-17/h6-8,10,16-17H,1-5,9,11-15H2,(H,24,25). The largest absolute Gasteiger partial charge is 0.367 e. The second-order valence-corrected chi connectivity index (χ2v) is 8.65. The average Bonchev–Trinajstić information content (AvgIpc) is 3.20. The van der Waals surface area contributed by atoms with Gasteiger partial charge in [-0.05, 0) is 31.0 Å². The molecule has 1 saturated heterocycles. The molecule has 2 heterocycles. The van der Waals surface area contributed by atoms with Crippen molar-refractivity contribution in [2.45, 2.75) is 38.1 Å². The molecule has 0 spiro atoms. The third kappa shape index (κ3) is 5.01. The normalized spacial score (nSPS) is 19.8. The summed E-state index contributed by atoms with van der Waals surface area (Å²) < 4.78 is 1.81. The van der Waals surface area contributed by atoms with Crippen LogP contribution in [-0.2, 0) is 0 Å². The van der Waals surface area contributed by atoms with Gasteiger partial charge in [-0.25, -0.2) is 4.68 Å². The predicted molar refractivity (Wildman–Crippen MR) is 117 cm³/mol. The summed E-state index contributed by atoms with van der Waals surface area (Å²) in [7, 11) is 0. The summed E-state index contributed by atoms with van der Waals surface area (Å²) in [5.74, 6) is 0.881. The Hall–Kier alpha value is -1.27. The first-order valence-corrected chi connectivity index (χ1v) is 11.2. The van der Waals surface area contributed by atoms with E-state index in [0.717, 1.165) is 30.6 Å². The van der Waals surface area contributed by atoms with Crippen molar-refractivity contribution >= 4 is 29.0 Å². The minimum absolute atomic E-state index is 0.538. The molecule has 2 aliphatic rings. The number of hydrogen-bond acceptors (Lipinski definition) is 4. The fraction of sp³-hybridized carbons (Fsp3) is 0.571. The van der Waals surface area contributed by atoms with Gasteiger partial charge in [0.2, 0.25) is 0 Å². The van der Waals surface area contributed by atoms with Gasteiger partial charge in [0.1, 0.15) is 5.82 Å². The molecule has 0 bridgehead atoms. The maximum atomic E-state index is 6.10. The molecule has 7 heteroatoms. The number of nitrogens with one attached hydrogen (secondary N) is 1. The first-order chi connectivity index (χ1) is 13.7. The molecule has 1 aliphatic carbocycles. The van der Waals surface area contributed by atoms with Crippen LogP contribution in [0.2, 0.25) is 10.0 Å². The molecule has 28 heavy (non-hydrogen) atoms. The summed E-state index contributed by atoms with van der Waals surface area (Å²) in [6, 6.07) is 8.37. The lowest BCUT2D eigenvalue weighted by Crippen LogP contribution is -2.51. The minimum atomic E-state index is 0.538. The second-order valence-electron chi connectivity index (χ2n) is 7.84. The molecule has 1 saturated carbocycles. The zero-order chi connectivity index (χ0) is 19.3. The molecule has 2 aromatic rings. The number of rotatable bonds is 6. The van der Waals surface area contributed by atoms with Crippen molar-refractivity contribution in [2.75, 3.05) is 44.6 Å². The average molecular weight is 422 g/mol. The highest BCUT2D eigenvalue weighted by Gasteiger charge is 2.24. The van der Waals surface area contributed by atoms with E-state index in [4.69, 9.17) is 23.2 Å². The van der Waals surface area contributed by atoms with Crippen LogP contribution in [-0.4, -0.2) is 64.9 Å². The van der Waals surface area contributed by atoms with E-state index < -0.39 is 0 Å². The molecule has 0 unspecified atom stereocenters. The van der Waals surface area contributed by atoms with Crippen molar-refractivity contribution in [3.63, 3.8) is 0 Å². The highest BCUT2D eigenvalue weighted by Crippen LogP contribution is 2.25. The van der Waals surface area contributed by atoms with Gasteiger partial charge in [0.25, 0.3) is 0 Å². The summed E-state index contributed by atoms with van der Waals surface area (Å²) in [6.45, 7) is 6.75. The van der Waals surface area contributed by atoms with Gasteiger partial charge in [-0.2, -0.15) is 5.10 Å². The molecule has 5 nitrogen and oxygen atoms in total. The van der Waals surface area contributed by atoms with Gasteiger partial charge in [-0.15, -0.1) is 0 Å². The van der Waals surface area contributed by atoms with Gasteiger partial charge in [0.15, 0.2) is 0 Å². The first kappa shape index (κ1) is 20.0. The molecule has 1 aliphatic heterocycles. The van der Waals surface area contributed by atoms with Crippen LogP contribution in [0.4, 0.5) is 5.82 Å². The molecule has 1 N–H and O–H groups in total. The van der Waals surface area contributed by atoms with Gasteiger partial charge < -0.3 is 5.32 Å². The van der Waals surface area contributed by atoms with E-state index in [-0.39, 0.29) is 0 Å². The van der Waals surface area contributed by atoms with Crippen LogP contribution < -0.4 is 5.32 Å². The van der Waals surface area contributed by atoms with E-state index in [2.05, 4.69) is 20.2 Å². The van der Waals surface area contributed by atoms with Crippen LogP contribution in [0.15, 0.2) is 30.5 Å². The molecular formula is C21H29Cl2N5. The summed E-state index contributed by atoms with van der Waals surface area (Å²) in [5, 5.41) is 9.11. The molecule has 2 fully saturated rings. The third-order valence-corrected chi connectivity index (χ3v) is 6.73. The Bertz CT molecular complexity index is 764. The van der Waals surface area contributed by atoms with Crippen LogP contribution in [0.25, 0.3) is 5.69 Å². The molecule has 0 amide bonds. The maximum absolute atomic E-state index is 6.10. The fourth-order valence-corrected chi connectivity index (χ4v) is 4.62. The summed E-state index contributed by atoms with van der Waals surface area (Å²) in [6.07, 6.45) is 9.02. The maximum Gasteiger partial charge on any atom is 0.148 e. The van der Waals surface area contributed by atoms with Crippen molar-refractivity contribution in [2.24, 2.45) is 0 Å². The highest BCUT2D eigenvalue weighted by molar-refractivity contribution is 6.42. The van der Waals surface area contributed by atoms with Crippen LogP contribution in [0.1, 0.15) is 32.1 Å². The van der Waals surface area contributed by atoms with Gasteiger partial charge >= 0.3 is 0 Å². The number of hydrogen-bond donors (Lipinski definition) is 1. The number of nitrogens with zero attached hydrogens (tertiary/aromatic N) is 4. The SMILES string of the molecule is Clc1ccc(-n2ccc(NCCN3CCN(C4CCCCC4)CC3)n2)cc1Cl. The monoisotopic (exact) mass is 421 g/mol. The number of anilines is 1. The Kier molecular flexibility index (Phi) is 6.78. The Morgan fingerprint density at radius 2 is 1.75 bits per heavy atom. The van der Waals surface area contributed by atoms with Gasteiger partial charge in [0.05, 0.1) is 15.7 Å². The molecule has 1 aromatic heterocycles. The Balaban J connectivity index is 1.21. The van der Waals surface area contributed by atoms with Gasteiger partial charge in [-0.3, -0.25) is 9.80 Å². The van der Waals surface area contributed by atoms with Crippen LogP contribution in [0.3, 0.4) is 0 Å². The number of benzene rings is 1. The molecule has 0 atom stereocenters. The van der Waals surface area contributed by atoms with Crippen molar-refractivity contribution in [1.82, 2.24) is 19.6 Å². The quantitative estimate of drug-likeness (QED) is 0.742. The van der Waals surface area contributed by atoms with Crippen molar-refractivity contribution in [3.05, 3.63) is 40.5 Å². The Morgan fingerprint density at radius 3 is 2.50 bits per heavy atom. The molecular weight excluding hydrogens is 393 g/mol. The van der Waals surface area contributed by atoms with Crippen LogP contribution in [0, 0.1) is 0 Å². The minimum Gasteiger partial charge on any atom is -0.367 e. The van der Waals surface area contributed by atoms with Crippen LogP contribution in [0.5, 0.6) is 0 Å². The third-order valence-electron chi connectivity index (χ3n) is 5.99. The predicted octanol–water partition coefficient (Wildman–Crippen LogP) is 4.54. The van der Waals surface area contributed by atoms with E-state index >= 15 is 0 Å². The summed E-state index contributed by atoms with van der Waals surface area (Å²) in [5.41, 5.74) is 0.904. The van der Waals surface area contributed by atoms with E-state index in [9.17, 15) is 0 Å². The molecule has 152 valence electrons. The molecule has 1 aromatic carbocycles. The van der Waals surface area contributed by atoms with E-state index in [1.165, 1.54) is 58.3 Å². The first-order valence-electron chi connectivity index (χ1n) is 10.4. The topological polar surface area (TPSA) is 36.3 Å². The Labute approximate surface area is 177 Å². The summed E-state index contributed by atoms with van der Waals surface area (Å²) >= 11 is 12.1. The zero-order valence-electron chi connectivity index (χ0n) is 16.3. The fourth-order valence-electron chi connectivity index (χ4n) is 4.33. The van der Waals surface area contributed by atoms with E-state index in [1.807, 2.05) is 29.1 Å². The smallest absolute Gasteiger partial charge is 0.148 e. The number of aromatic nitrogens is 2. The highest BCUT2D eigenvalue weighted by atomic mass is 35.5. The van der Waals surface area contributed by atoms with E-state index in [1.54, 1.807) is 6.07 Å². The summed E-state index contributed by atoms with van der Waals surface area (Å²) in [4.78, 5) is 5.28. The lowest BCUT2D eigenvalue weighted by atomic mass is 9.94. The lowest BCUT2D eigenvalue weighted by molar-refractivity contribution is 0.0810. The molecule has 0 radical (unpaired) electrons. The zero-order valence-corrected chi connectivity index (χ0v) is 17.8. The lowest BCUT2D eigenvalue weighted by Gasteiger charge is -2.40. The van der Waals surface area contributed by atoms with Gasteiger partial charge in [-0.1, -0.05) is 42.5 Å². The number of piperazine rings is 1. The van der Waals surface area contributed by atoms with Crippen molar-refractivity contribution < 1.29 is 0 Å². The van der Waals surface area contributed by atoms with Crippen LogP contribution >= 0.6 is 23.2 Å².